The van der Waals surface area contributed by atoms with Gasteiger partial charge >= 0.3 is 5.97 Å². The molecule has 0 bridgehead atoms. The van der Waals surface area contributed by atoms with E-state index < -0.39 is 21.7 Å². The van der Waals surface area contributed by atoms with Gasteiger partial charge in [-0.25, -0.2) is 8.42 Å². The zero-order valence-corrected chi connectivity index (χ0v) is 13.4. The summed E-state index contributed by atoms with van der Waals surface area (Å²) in [5.74, 6) is -1.78. The highest BCUT2D eigenvalue weighted by Gasteiger charge is 2.31. The summed E-state index contributed by atoms with van der Waals surface area (Å²) in [7, 11) is -3.41. The van der Waals surface area contributed by atoms with E-state index in [4.69, 9.17) is 5.11 Å². The van der Waals surface area contributed by atoms with Crippen LogP contribution in [-0.2, 0) is 21.1 Å². The van der Waals surface area contributed by atoms with Crippen LogP contribution in [0, 0.1) is 5.92 Å². The number of carbonyl (C=O) groups excluding carboxylic acids is 1. The van der Waals surface area contributed by atoms with Gasteiger partial charge < -0.3 is 10.0 Å². The van der Waals surface area contributed by atoms with Crippen LogP contribution in [0.2, 0.25) is 0 Å². The Labute approximate surface area is 129 Å². The van der Waals surface area contributed by atoms with Crippen LogP contribution in [0.25, 0.3) is 0 Å². The van der Waals surface area contributed by atoms with E-state index in [1.807, 2.05) is 6.92 Å². The van der Waals surface area contributed by atoms with E-state index >= 15 is 0 Å². The van der Waals surface area contributed by atoms with Gasteiger partial charge in [-0.3, -0.25) is 9.59 Å². The normalized spacial score (nSPS) is 18.5. The van der Waals surface area contributed by atoms with Crippen LogP contribution >= 0.6 is 0 Å². The number of carboxylic acid groups (broad SMARTS) is 1. The Balaban J connectivity index is 2.30. The second kappa shape index (κ2) is 6.08. The highest BCUT2D eigenvalue weighted by molar-refractivity contribution is 7.90. The lowest BCUT2D eigenvalue weighted by atomic mass is 10.1. The molecule has 1 aliphatic rings. The van der Waals surface area contributed by atoms with Crippen LogP contribution < -0.4 is 0 Å². The number of carboxylic acids is 1. The number of aliphatic carboxylic acids is 1. The van der Waals surface area contributed by atoms with E-state index in [0.29, 0.717) is 24.9 Å². The number of benzene rings is 1. The Morgan fingerprint density at radius 3 is 2.55 bits per heavy atom. The molecule has 1 amide bonds. The molecule has 1 unspecified atom stereocenters. The van der Waals surface area contributed by atoms with Crippen molar-refractivity contribution in [2.45, 2.75) is 24.7 Å². The van der Waals surface area contributed by atoms with E-state index in [-0.39, 0.29) is 22.9 Å². The minimum atomic E-state index is -3.41. The van der Waals surface area contributed by atoms with Crippen molar-refractivity contribution in [3.05, 3.63) is 29.3 Å². The van der Waals surface area contributed by atoms with Gasteiger partial charge in [0.25, 0.3) is 5.91 Å². The summed E-state index contributed by atoms with van der Waals surface area (Å²) in [5.41, 5.74) is 0.951. The largest absolute Gasteiger partial charge is 0.481 e. The first-order valence-corrected chi connectivity index (χ1v) is 8.98. The number of rotatable bonds is 4. The van der Waals surface area contributed by atoms with Gasteiger partial charge in [0.1, 0.15) is 0 Å². The van der Waals surface area contributed by atoms with Crippen molar-refractivity contribution in [2.24, 2.45) is 5.92 Å². The van der Waals surface area contributed by atoms with Gasteiger partial charge in [0, 0.05) is 24.9 Å². The molecule has 6 nitrogen and oxygen atoms in total. The van der Waals surface area contributed by atoms with Crippen molar-refractivity contribution in [1.82, 2.24) is 4.90 Å². The molecule has 1 aliphatic heterocycles. The molecule has 22 heavy (non-hydrogen) atoms. The van der Waals surface area contributed by atoms with Crippen LogP contribution in [0.3, 0.4) is 0 Å². The molecule has 1 heterocycles. The standard InChI is InChI=1S/C15H19NO5S/c1-3-10-4-5-11(8-13(10)22(2,20)21)14(17)16-7-6-12(9-16)15(18)19/h4-5,8,12H,3,6-7,9H2,1-2H3,(H,18,19). The number of hydrogen-bond acceptors (Lipinski definition) is 4. The SMILES string of the molecule is CCc1ccc(C(=O)N2CCC(C(=O)O)C2)cc1S(C)(=O)=O. The van der Waals surface area contributed by atoms with Gasteiger partial charge in [0.05, 0.1) is 10.8 Å². The van der Waals surface area contributed by atoms with Crippen molar-refractivity contribution in [2.75, 3.05) is 19.3 Å². The third kappa shape index (κ3) is 3.30. The average Bonchev–Trinajstić information content (AvgIpc) is 2.95. The summed E-state index contributed by atoms with van der Waals surface area (Å²) >= 11 is 0. The van der Waals surface area contributed by atoms with E-state index in [2.05, 4.69) is 0 Å². The minimum Gasteiger partial charge on any atom is -0.481 e. The van der Waals surface area contributed by atoms with Gasteiger partial charge in [-0.1, -0.05) is 13.0 Å². The molecule has 1 atom stereocenters. The summed E-state index contributed by atoms with van der Waals surface area (Å²) in [6, 6.07) is 4.64. The smallest absolute Gasteiger partial charge is 0.308 e. The molecular formula is C15H19NO5S. The van der Waals surface area contributed by atoms with E-state index in [1.165, 1.54) is 11.0 Å². The topological polar surface area (TPSA) is 91.8 Å². The highest BCUT2D eigenvalue weighted by Crippen LogP contribution is 2.22. The summed E-state index contributed by atoms with van der Waals surface area (Å²) in [4.78, 5) is 25.0. The number of likely N-dealkylation sites (tertiary alicyclic amines) is 1. The summed E-state index contributed by atoms with van der Waals surface area (Å²) in [6.07, 6.45) is 2.10. The minimum absolute atomic E-state index is 0.162. The molecule has 1 N–H and O–H groups in total. The number of hydrogen-bond donors (Lipinski definition) is 1. The van der Waals surface area contributed by atoms with E-state index in [9.17, 15) is 18.0 Å². The second-order valence-electron chi connectivity index (χ2n) is 5.52. The molecule has 120 valence electrons. The Morgan fingerprint density at radius 1 is 1.36 bits per heavy atom. The van der Waals surface area contributed by atoms with Crippen molar-refractivity contribution in [3.63, 3.8) is 0 Å². The number of amides is 1. The Kier molecular flexibility index (Phi) is 4.55. The fourth-order valence-electron chi connectivity index (χ4n) is 2.65. The third-order valence-electron chi connectivity index (χ3n) is 3.92. The first-order chi connectivity index (χ1) is 10.2. The molecule has 0 aromatic heterocycles. The van der Waals surface area contributed by atoms with Crippen LogP contribution in [0.4, 0.5) is 0 Å². The molecule has 0 aliphatic carbocycles. The maximum absolute atomic E-state index is 12.4. The third-order valence-corrected chi connectivity index (χ3v) is 5.10. The van der Waals surface area contributed by atoms with Crippen molar-refractivity contribution in [1.29, 1.82) is 0 Å². The fourth-order valence-corrected chi connectivity index (χ4v) is 3.68. The predicted molar refractivity (Wildman–Crippen MR) is 80.6 cm³/mol. The van der Waals surface area contributed by atoms with Gasteiger partial charge in [0.15, 0.2) is 9.84 Å². The van der Waals surface area contributed by atoms with E-state index in [1.54, 1.807) is 12.1 Å². The summed E-state index contributed by atoms with van der Waals surface area (Å²) in [6.45, 7) is 2.39. The molecule has 1 aromatic carbocycles. The molecule has 0 saturated carbocycles. The molecule has 2 rings (SSSR count). The Bertz CT molecular complexity index is 711. The zero-order valence-electron chi connectivity index (χ0n) is 12.6. The number of aryl methyl sites for hydroxylation is 1. The van der Waals surface area contributed by atoms with Crippen molar-refractivity contribution in [3.8, 4) is 0 Å². The lowest BCUT2D eigenvalue weighted by Gasteiger charge is -2.17. The van der Waals surface area contributed by atoms with Crippen LogP contribution in [0.1, 0.15) is 29.3 Å². The highest BCUT2D eigenvalue weighted by atomic mass is 32.2. The molecule has 1 saturated heterocycles. The van der Waals surface area contributed by atoms with Gasteiger partial charge in [-0.2, -0.15) is 0 Å². The number of carbonyl (C=O) groups is 2. The predicted octanol–water partition coefficient (Wildman–Crippen LogP) is 1.20. The lowest BCUT2D eigenvalue weighted by Crippen LogP contribution is -2.30. The van der Waals surface area contributed by atoms with Gasteiger partial charge in [-0.05, 0) is 30.5 Å². The summed E-state index contributed by atoms with van der Waals surface area (Å²) in [5, 5.41) is 8.99. The first kappa shape index (κ1) is 16.5. The van der Waals surface area contributed by atoms with Crippen molar-refractivity contribution < 1.29 is 23.1 Å². The monoisotopic (exact) mass is 325 g/mol. The Morgan fingerprint density at radius 2 is 2.05 bits per heavy atom. The van der Waals surface area contributed by atoms with Gasteiger partial charge in [0.2, 0.25) is 0 Å². The molecule has 7 heteroatoms. The maximum atomic E-state index is 12.4. The number of sulfone groups is 1. The first-order valence-electron chi connectivity index (χ1n) is 7.09. The van der Waals surface area contributed by atoms with Crippen LogP contribution in [0.5, 0.6) is 0 Å². The van der Waals surface area contributed by atoms with E-state index in [0.717, 1.165) is 6.26 Å². The zero-order chi connectivity index (χ0) is 16.5. The molecule has 1 fully saturated rings. The quantitative estimate of drug-likeness (QED) is 0.898. The number of nitrogens with zero attached hydrogens (tertiary/aromatic N) is 1. The van der Waals surface area contributed by atoms with Gasteiger partial charge in [-0.15, -0.1) is 0 Å². The maximum Gasteiger partial charge on any atom is 0.308 e. The van der Waals surface area contributed by atoms with Crippen LogP contribution in [-0.4, -0.2) is 49.6 Å². The average molecular weight is 325 g/mol. The van der Waals surface area contributed by atoms with Crippen molar-refractivity contribution >= 4 is 21.7 Å². The molecule has 1 aromatic rings. The Hall–Kier alpha value is -1.89. The second-order valence-corrected chi connectivity index (χ2v) is 7.51. The molecule has 0 radical (unpaired) electrons. The fraction of sp³-hybridized carbons (Fsp3) is 0.467. The van der Waals surface area contributed by atoms with Crippen LogP contribution in [0.15, 0.2) is 23.1 Å². The lowest BCUT2D eigenvalue weighted by molar-refractivity contribution is -0.141. The molecule has 0 spiro atoms. The summed E-state index contributed by atoms with van der Waals surface area (Å²) < 4.78 is 23.7. The molecular weight excluding hydrogens is 306 g/mol.